The summed E-state index contributed by atoms with van der Waals surface area (Å²) in [4.78, 5) is 12.0. The molecule has 3 nitrogen and oxygen atoms in total. The molecule has 1 amide bonds. The Morgan fingerprint density at radius 2 is 2.12 bits per heavy atom. The summed E-state index contributed by atoms with van der Waals surface area (Å²) in [7, 11) is 1.90. The van der Waals surface area contributed by atoms with Crippen LogP contribution in [0.15, 0.2) is 18.2 Å². The maximum Gasteiger partial charge on any atom is 0.275 e. The molecule has 0 saturated heterocycles. The molecular weight excluding hydrogens is 247 g/mol. The predicted molar refractivity (Wildman–Crippen MR) is 65.7 cm³/mol. The van der Waals surface area contributed by atoms with Crippen LogP contribution in [0.3, 0.4) is 0 Å². The van der Waals surface area contributed by atoms with E-state index in [2.05, 4.69) is 0 Å². The Morgan fingerprint density at radius 1 is 1.50 bits per heavy atom. The average molecular weight is 262 g/mol. The molecule has 0 heterocycles. The Hall–Kier alpha value is -0.770. The first-order chi connectivity index (χ1) is 7.43. The van der Waals surface area contributed by atoms with Gasteiger partial charge in [0.1, 0.15) is 6.54 Å². The molecule has 0 aliphatic carbocycles. The van der Waals surface area contributed by atoms with E-state index in [1.807, 2.05) is 19.2 Å². The van der Waals surface area contributed by atoms with Crippen LogP contribution in [0.25, 0.3) is 0 Å². The summed E-state index contributed by atoms with van der Waals surface area (Å²) < 4.78 is 0. The van der Waals surface area contributed by atoms with Crippen LogP contribution < -0.4 is 10.6 Å². The first kappa shape index (κ1) is 13.3. The highest BCUT2D eigenvalue weighted by Crippen LogP contribution is 2.24. The van der Waals surface area contributed by atoms with Crippen LogP contribution in [0.4, 0.5) is 0 Å². The third-order valence-electron chi connectivity index (χ3n) is 2.67. The third-order valence-corrected chi connectivity index (χ3v) is 3.52. The lowest BCUT2D eigenvalue weighted by molar-refractivity contribution is -0.908. The number of rotatable bonds is 4. The number of hydrogen-bond acceptors (Lipinski definition) is 1. The first-order valence-corrected chi connectivity index (χ1v) is 5.73. The number of hydrogen-bond donors (Lipinski definition) is 2. The second kappa shape index (κ2) is 5.53. The zero-order valence-electron chi connectivity index (χ0n) is 9.26. The van der Waals surface area contributed by atoms with Crippen LogP contribution in [0.1, 0.15) is 12.5 Å². The number of benzene rings is 1. The minimum atomic E-state index is -0.323. The van der Waals surface area contributed by atoms with Gasteiger partial charge in [-0.3, -0.25) is 4.79 Å². The Balaban J connectivity index is 2.81. The molecule has 5 heteroatoms. The Morgan fingerprint density at radius 3 is 2.69 bits per heavy atom. The normalized spacial score (nSPS) is 14.5. The monoisotopic (exact) mass is 261 g/mol. The van der Waals surface area contributed by atoms with Crippen molar-refractivity contribution >= 4 is 29.1 Å². The van der Waals surface area contributed by atoms with Gasteiger partial charge < -0.3 is 10.6 Å². The summed E-state index contributed by atoms with van der Waals surface area (Å²) in [6.07, 6.45) is 0. The Labute approximate surface area is 105 Å². The number of likely N-dealkylation sites (N-methyl/N-ethyl adjacent to an activating group) is 1. The molecule has 0 saturated carbocycles. The van der Waals surface area contributed by atoms with Crippen molar-refractivity contribution in [2.24, 2.45) is 5.73 Å². The molecule has 1 aromatic carbocycles. The van der Waals surface area contributed by atoms with Gasteiger partial charge in [0.2, 0.25) is 0 Å². The lowest BCUT2D eigenvalue weighted by atomic mass is 10.2. The molecule has 0 aromatic heterocycles. The van der Waals surface area contributed by atoms with Crippen molar-refractivity contribution in [1.82, 2.24) is 0 Å². The third kappa shape index (κ3) is 3.11. The molecule has 0 aliphatic rings. The Bertz CT molecular complexity index is 396. The van der Waals surface area contributed by atoms with Gasteiger partial charge in [-0.1, -0.05) is 35.3 Å². The van der Waals surface area contributed by atoms with E-state index in [0.29, 0.717) is 16.6 Å². The fourth-order valence-electron chi connectivity index (χ4n) is 1.38. The van der Waals surface area contributed by atoms with Crippen LogP contribution in [0, 0.1) is 0 Å². The number of nitrogens with one attached hydrogen (secondary N) is 1. The summed E-state index contributed by atoms with van der Waals surface area (Å²) in [5.41, 5.74) is 6.16. The van der Waals surface area contributed by atoms with E-state index in [4.69, 9.17) is 28.9 Å². The molecule has 0 radical (unpaired) electrons. The molecule has 0 spiro atoms. The number of amides is 1. The molecule has 1 aromatic rings. The van der Waals surface area contributed by atoms with Gasteiger partial charge in [0.05, 0.1) is 17.1 Å². The molecule has 2 atom stereocenters. The summed E-state index contributed by atoms with van der Waals surface area (Å²) >= 11 is 12.0. The van der Waals surface area contributed by atoms with Gasteiger partial charge >= 0.3 is 0 Å². The van der Waals surface area contributed by atoms with E-state index < -0.39 is 0 Å². The lowest BCUT2D eigenvalue weighted by Crippen LogP contribution is -3.12. The molecule has 0 bridgehead atoms. The van der Waals surface area contributed by atoms with E-state index in [-0.39, 0.29) is 11.9 Å². The van der Waals surface area contributed by atoms with Gasteiger partial charge in [-0.25, -0.2) is 0 Å². The van der Waals surface area contributed by atoms with Crippen LogP contribution >= 0.6 is 23.2 Å². The van der Waals surface area contributed by atoms with Crippen LogP contribution in [0.2, 0.25) is 10.0 Å². The van der Waals surface area contributed by atoms with Gasteiger partial charge in [0, 0.05) is 5.56 Å². The summed E-state index contributed by atoms with van der Waals surface area (Å²) in [5.74, 6) is -0.323. The van der Waals surface area contributed by atoms with E-state index in [0.717, 1.165) is 10.5 Å². The van der Waals surface area contributed by atoms with Crippen LogP contribution in [-0.2, 0) is 11.3 Å². The zero-order valence-corrected chi connectivity index (χ0v) is 10.8. The van der Waals surface area contributed by atoms with Crippen molar-refractivity contribution in [2.45, 2.75) is 19.5 Å². The van der Waals surface area contributed by atoms with E-state index in [1.54, 1.807) is 13.0 Å². The van der Waals surface area contributed by atoms with E-state index in [9.17, 15) is 4.79 Å². The molecule has 16 heavy (non-hydrogen) atoms. The van der Waals surface area contributed by atoms with Crippen molar-refractivity contribution in [3.05, 3.63) is 33.8 Å². The Kier molecular flexibility index (Phi) is 4.59. The highest BCUT2D eigenvalue weighted by Gasteiger charge is 2.20. The number of quaternary nitrogens is 1. The summed E-state index contributed by atoms with van der Waals surface area (Å²) in [6, 6.07) is 5.22. The minimum absolute atomic E-state index is 0.255. The molecule has 3 N–H and O–H groups in total. The minimum Gasteiger partial charge on any atom is -0.365 e. The number of halogens is 2. The van der Waals surface area contributed by atoms with Gasteiger partial charge in [-0.15, -0.1) is 0 Å². The second-order valence-electron chi connectivity index (χ2n) is 3.86. The highest BCUT2D eigenvalue weighted by molar-refractivity contribution is 6.42. The van der Waals surface area contributed by atoms with Crippen LogP contribution in [0.5, 0.6) is 0 Å². The topological polar surface area (TPSA) is 47.5 Å². The van der Waals surface area contributed by atoms with Crippen molar-refractivity contribution < 1.29 is 9.69 Å². The fraction of sp³-hybridized carbons (Fsp3) is 0.364. The lowest BCUT2D eigenvalue weighted by Gasteiger charge is -2.19. The zero-order chi connectivity index (χ0) is 12.3. The SMILES string of the molecule is C[C@@H](C(N)=O)[NH+](C)Cc1cccc(Cl)c1Cl. The molecular formula is C11H15Cl2N2O+. The summed E-state index contributed by atoms with van der Waals surface area (Å²) in [5, 5.41) is 1.07. The smallest absolute Gasteiger partial charge is 0.275 e. The number of primary amides is 1. The summed E-state index contributed by atoms with van der Waals surface area (Å²) in [6.45, 7) is 2.40. The molecule has 88 valence electrons. The van der Waals surface area contributed by atoms with Gasteiger partial charge in [-0.05, 0) is 13.0 Å². The van der Waals surface area contributed by atoms with E-state index in [1.165, 1.54) is 0 Å². The van der Waals surface area contributed by atoms with Crippen molar-refractivity contribution in [3.8, 4) is 0 Å². The molecule has 0 aliphatic heterocycles. The van der Waals surface area contributed by atoms with Crippen LogP contribution in [-0.4, -0.2) is 19.0 Å². The van der Waals surface area contributed by atoms with Gasteiger partial charge in [0.15, 0.2) is 6.04 Å². The van der Waals surface area contributed by atoms with Crippen molar-refractivity contribution in [1.29, 1.82) is 0 Å². The second-order valence-corrected chi connectivity index (χ2v) is 4.65. The molecule has 0 fully saturated rings. The fourth-order valence-corrected chi connectivity index (χ4v) is 1.77. The standard InChI is InChI=1S/C11H14Cl2N2O/c1-7(11(14)16)15(2)6-8-4-3-5-9(12)10(8)13/h3-5,7H,6H2,1-2H3,(H2,14,16)/p+1/t7-/m0/s1. The quantitative estimate of drug-likeness (QED) is 0.831. The average Bonchev–Trinajstić information content (AvgIpc) is 2.23. The number of nitrogens with two attached hydrogens (primary N) is 1. The van der Waals surface area contributed by atoms with E-state index >= 15 is 0 Å². The first-order valence-electron chi connectivity index (χ1n) is 4.98. The highest BCUT2D eigenvalue weighted by atomic mass is 35.5. The maximum atomic E-state index is 11.0. The van der Waals surface area contributed by atoms with Gasteiger partial charge in [-0.2, -0.15) is 0 Å². The van der Waals surface area contributed by atoms with Gasteiger partial charge in [0.25, 0.3) is 5.91 Å². The molecule has 1 unspecified atom stereocenters. The van der Waals surface area contributed by atoms with Crippen molar-refractivity contribution in [2.75, 3.05) is 7.05 Å². The predicted octanol–water partition coefficient (Wildman–Crippen LogP) is 0.882. The van der Waals surface area contributed by atoms with Crippen molar-refractivity contribution in [3.63, 3.8) is 0 Å². The number of carbonyl (C=O) groups is 1. The largest absolute Gasteiger partial charge is 0.365 e. The number of carbonyl (C=O) groups excluding carboxylic acids is 1. The molecule has 1 rings (SSSR count). The maximum absolute atomic E-state index is 11.0.